The fourth-order valence-corrected chi connectivity index (χ4v) is 2.40. The van der Waals surface area contributed by atoms with E-state index in [-0.39, 0.29) is 5.91 Å². The van der Waals surface area contributed by atoms with Gasteiger partial charge in [0.25, 0.3) is 0 Å². The smallest absolute Gasteiger partial charge is 0.335 e. The average molecular weight is 276 g/mol. The zero-order valence-electron chi connectivity index (χ0n) is 11.7. The van der Waals surface area contributed by atoms with E-state index in [9.17, 15) is 9.59 Å². The maximum absolute atomic E-state index is 12.1. The summed E-state index contributed by atoms with van der Waals surface area (Å²) in [6.45, 7) is 3.32. The third-order valence-corrected chi connectivity index (χ3v) is 3.71. The highest BCUT2D eigenvalue weighted by Crippen LogP contribution is 2.12. The molecule has 1 aromatic rings. The number of aryl methyl sites for hydroxylation is 1. The van der Waals surface area contributed by atoms with Gasteiger partial charge in [-0.3, -0.25) is 4.79 Å². The van der Waals surface area contributed by atoms with E-state index in [4.69, 9.17) is 5.11 Å². The molecule has 5 nitrogen and oxygen atoms in total. The Morgan fingerprint density at radius 2 is 1.80 bits per heavy atom. The number of aromatic carboxylic acids is 1. The molecule has 0 aliphatic carbocycles. The van der Waals surface area contributed by atoms with Crippen molar-refractivity contribution in [1.82, 2.24) is 9.80 Å². The van der Waals surface area contributed by atoms with Crippen LogP contribution in [0.2, 0.25) is 0 Å². The molecule has 1 aliphatic rings. The Labute approximate surface area is 118 Å². The summed E-state index contributed by atoms with van der Waals surface area (Å²) < 4.78 is 0. The van der Waals surface area contributed by atoms with Crippen LogP contribution in [-0.4, -0.2) is 60.0 Å². The fourth-order valence-electron chi connectivity index (χ4n) is 2.40. The van der Waals surface area contributed by atoms with Gasteiger partial charge >= 0.3 is 5.97 Å². The van der Waals surface area contributed by atoms with Crippen LogP contribution >= 0.6 is 0 Å². The van der Waals surface area contributed by atoms with Crippen molar-refractivity contribution in [2.24, 2.45) is 0 Å². The highest BCUT2D eigenvalue weighted by molar-refractivity contribution is 5.89. The number of rotatable bonds is 4. The van der Waals surface area contributed by atoms with Crippen LogP contribution in [0.25, 0.3) is 0 Å². The highest BCUT2D eigenvalue weighted by Gasteiger charge is 2.19. The van der Waals surface area contributed by atoms with Crippen molar-refractivity contribution >= 4 is 11.9 Å². The van der Waals surface area contributed by atoms with Gasteiger partial charge in [0.15, 0.2) is 0 Å². The van der Waals surface area contributed by atoms with Crippen molar-refractivity contribution in [1.29, 1.82) is 0 Å². The van der Waals surface area contributed by atoms with Gasteiger partial charge in [0.05, 0.1) is 5.56 Å². The topological polar surface area (TPSA) is 60.9 Å². The third kappa shape index (κ3) is 3.57. The number of hydrogen-bond donors (Lipinski definition) is 1. The molecule has 0 saturated carbocycles. The largest absolute Gasteiger partial charge is 0.478 e. The molecule has 1 aromatic carbocycles. The number of hydrogen-bond acceptors (Lipinski definition) is 3. The SMILES string of the molecule is CN1CCN(C(=O)CCc2ccccc2C(=O)O)CC1. The number of benzene rings is 1. The number of carbonyl (C=O) groups is 2. The van der Waals surface area contributed by atoms with Crippen LogP contribution in [0.1, 0.15) is 22.3 Å². The molecule has 2 rings (SSSR count). The first kappa shape index (κ1) is 14.5. The van der Waals surface area contributed by atoms with Crippen LogP contribution in [0.3, 0.4) is 0 Å². The molecule has 20 heavy (non-hydrogen) atoms. The summed E-state index contributed by atoms with van der Waals surface area (Å²) in [6.07, 6.45) is 0.849. The van der Waals surface area contributed by atoms with Gasteiger partial charge < -0.3 is 14.9 Å². The van der Waals surface area contributed by atoms with Gasteiger partial charge in [0.1, 0.15) is 0 Å². The van der Waals surface area contributed by atoms with Crippen LogP contribution in [0.15, 0.2) is 24.3 Å². The van der Waals surface area contributed by atoms with E-state index in [0.717, 1.165) is 31.7 Å². The maximum atomic E-state index is 12.1. The molecule has 0 radical (unpaired) electrons. The quantitative estimate of drug-likeness (QED) is 0.894. The second-order valence-corrected chi connectivity index (χ2v) is 5.15. The molecule has 0 unspecified atom stereocenters. The molecule has 1 saturated heterocycles. The Balaban J connectivity index is 1.92. The number of nitrogens with zero attached hydrogens (tertiary/aromatic N) is 2. The fraction of sp³-hybridized carbons (Fsp3) is 0.467. The zero-order chi connectivity index (χ0) is 14.5. The molecule has 1 amide bonds. The molecule has 1 fully saturated rings. The van der Waals surface area contributed by atoms with Gasteiger partial charge in [-0.25, -0.2) is 4.79 Å². The second kappa shape index (κ2) is 6.52. The normalized spacial score (nSPS) is 16.1. The lowest BCUT2D eigenvalue weighted by Crippen LogP contribution is -2.47. The van der Waals surface area contributed by atoms with E-state index >= 15 is 0 Å². The Kier molecular flexibility index (Phi) is 4.74. The third-order valence-electron chi connectivity index (χ3n) is 3.71. The number of carboxylic acid groups (broad SMARTS) is 1. The minimum atomic E-state index is -0.937. The van der Waals surface area contributed by atoms with Crippen molar-refractivity contribution in [2.75, 3.05) is 33.2 Å². The molecule has 0 bridgehead atoms. The molecule has 1 aliphatic heterocycles. The van der Waals surface area contributed by atoms with Crippen molar-refractivity contribution < 1.29 is 14.7 Å². The molecule has 0 atom stereocenters. The molecule has 0 spiro atoms. The summed E-state index contributed by atoms with van der Waals surface area (Å²) in [6, 6.07) is 6.87. The molecule has 5 heteroatoms. The van der Waals surface area contributed by atoms with E-state index in [1.807, 2.05) is 18.0 Å². The summed E-state index contributed by atoms with van der Waals surface area (Å²) in [5, 5.41) is 9.11. The Bertz CT molecular complexity index is 494. The first-order valence-corrected chi connectivity index (χ1v) is 6.85. The molecule has 1 N–H and O–H groups in total. The Morgan fingerprint density at radius 1 is 1.15 bits per heavy atom. The minimum absolute atomic E-state index is 0.110. The molecule has 1 heterocycles. The molecular weight excluding hydrogens is 256 g/mol. The van der Waals surface area contributed by atoms with Crippen molar-refractivity contribution in [2.45, 2.75) is 12.8 Å². The van der Waals surface area contributed by atoms with Crippen LogP contribution in [0.4, 0.5) is 0 Å². The lowest BCUT2D eigenvalue weighted by Gasteiger charge is -2.32. The highest BCUT2D eigenvalue weighted by atomic mass is 16.4. The first-order valence-electron chi connectivity index (χ1n) is 6.85. The lowest BCUT2D eigenvalue weighted by atomic mass is 10.0. The van der Waals surface area contributed by atoms with Crippen molar-refractivity contribution in [3.63, 3.8) is 0 Å². The van der Waals surface area contributed by atoms with E-state index in [2.05, 4.69) is 4.90 Å². The summed E-state index contributed by atoms with van der Waals surface area (Å²) in [5.74, 6) is -0.828. The summed E-state index contributed by atoms with van der Waals surface area (Å²) in [5.41, 5.74) is 1.01. The number of carboxylic acids is 1. The standard InChI is InChI=1S/C15H20N2O3/c1-16-8-10-17(11-9-16)14(18)7-6-12-4-2-3-5-13(12)15(19)20/h2-5H,6-11H2,1H3,(H,19,20). The maximum Gasteiger partial charge on any atom is 0.335 e. The number of amides is 1. The summed E-state index contributed by atoms with van der Waals surface area (Å²) >= 11 is 0. The van der Waals surface area contributed by atoms with Gasteiger partial charge in [-0.2, -0.15) is 0 Å². The number of carbonyl (C=O) groups excluding carboxylic acids is 1. The summed E-state index contributed by atoms with van der Waals surface area (Å²) in [7, 11) is 2.05. The number of piperazine rings is 1. The van der Waals surface area contributed by atoms with Gasteiger partial charge in [-0.15, -0.1) is 0 Å². The zero-order valence-corrected chi connectivity index (χ0v) is 11.7. The van der Waals surface area contributed by atoms with Crippen molar-refractivity contribution in [3.05, 3.63) is 35.4 Å². The van der Waals surface area contributed by atoms with Gasteiger partial charge in [0, 0.05) is 32.6 Å². The molecular formula is C15H20N2O3. The van der Waals surface area contributed by atoms with Crippen LogP contribution in [0.5, 0.6) is 0 Å². The van der Waals surface area contributed by atoms with Crippen LogP contribution in [0, 0.1) is 0 Å². The monoisotopic (exact) mass is 276 g/mol. The molecule has 108 valence electrons. The predicted molar refractivity (Wildman–Crippen MR) is 75.8 cm³/mol. The molecule has 0 aromatic heterocycles. The van der Waals surface area contributed by atoms with Gasteiger partial charge in [0.2, 0.25) is 5.91 Å². The predicted octanol–water partition coefficient (Wildman–Crippen LogP) is 1.09. The van der Waals surface area contributed by atoms with Gasteiger partial charge in [-0.05, 0) is 25.1 Å². The van der Waals surface area contributed by atoms with E-state index in [1.54, 1.807) is 18.2 Å². The first-order chi connectivity index (χ1) is 9.58. The Morgan fingerprint density at radius 3 is 2.45 bits per heavy atom. The lowest BCUT2D eigenvalue weighted by molar-refractivity contribution is -0.132. The Hall–Kier alpha value is -1.88. The minimum Gasteiger partial charge on any atom is -0.478 e. The summed E-state index contributed by atoms with van der Waals surface area (Å²) in [4.78, 5) is 27.3. The van der Waals surface area contributed by atoms with E-state index in [1.165, 1.54) is 0 Å². The van der Waals surface area contributed by atoms with Gasteiger partial charge in [-0.1, -0.05) is 18.2 Å². The average Bonchev–Trinajstić information content (AvgIpc) is 2.45. The number of likely N-dealkylation sites (N-methyl/N-ethyl adjacent to an activating group) is 1. The second-order valence-electron chi connectivity index (χ2n) is 5.15. The van der Waals surface area contributed by atoms with Crippen LogP contribution in [-0.2, 0) is 11.2 Å². The van der Waals surface area contributed by atoms with E-state index in [0.29, 0.717) is 18.4 Å². The van der Waals surface area contributed by atoms with Crippen LogP contribution < -0.4 is 0 Å². The van der Waals surface area contributed by atoms with Crippen molar-refractivity contribution in [3.8, 4) is 0 Å². The van der Waals surface area contributed by atoms with E-state index < -0.39 is 5.97 Å².